The lowest BCUT2D eigenvalue weighted by Crippen LogP contribution is -2.33. The Kier molecular flexibility index (Phi) is 7.64. The summed E-state index contributed by atoms with van der Waals surface area (Å²) < 4.78 is 6.00. The van der Waals surface area contributed by atoms with Gasteiger partial charge in [0.05, 0.1) is 12.2 Å². The van der Waals surface area contributed by atoms with Crippen LogP contribution in [0.15, 0.2) is 29.6 Å². The number of hydrogen-bond acceptors (Lipinski definition) is 4. The van der Waals surface area contributed by atoms with E-state index in [1.807, 2.05) is 35.4 Å². The SMILES string of the molecule is CCC(=O)N(Cc1csc(COc2ccccc2C(C)C)n1)CC(C)C. The van der Waals surface area contributed by atoms with E-state index in [0.717, 1.165) is 23.0 Å². The number of carbonyl (C=O) groups excluding carboxylic acids is 1. The fourth-order valence-corrected chi connectivity index (χ4v) is 3.53. The van der Waals surface area contributed by atoms with Gasteiger partial charge >= 0.3 is 0 Å². The predicted octanol–water partition coefficient (Wildman–Crippen LogP) is 5.24. The molecule has 142 valence electrons. The molecule has 0 N–H and O–H groups in total. The van der Waals surface area contributed by atoms with Gasteiger partial charge in [0, 0.05) is 18.3 Å². The Morgan fingerprint density at radius 2 is 1.96 bits per heavy atom. The molecule has 0 radical (unpaired) electrons. The fourth-order valence-electron chi connectivity index (χ4n) is 2.83. The van der Waals surface area contributed by atoms with Crippen LogP contribution in [0.3, 0.4) is 0 Å². The zero-order valence-electron chi connectivity index (χ0n) is 16.5. The third-order valence-corrected chi connectivity index (χ3v) is 4.96. The van der Waals surface area contributed by atoms with Crippen LogP contribution in [0.1, 0.15) is 63.2 Å². The van der Waals surface area contributed by atoms with Gasteiger partial charge in [-0.25, -0.2) is 4.98 Å². The summed E-state index contributed by atoms with van der Waals surface area (Å²) in [5.74, 6) is 1.96. The molecule has 5 heteroatoms. The number of rotatable bonds is 9. The van der Waals surface area contributed by atoms with Crippen molar-refractivity contribution in [3.05, 3.63) is 45.9 Å². The number of para-hydroxylation sites is 1. The summed E-state index contributed by atoms with van der Waals surface area (Å²) in [6.45, 7) is 12.3. The van der Waals surface area contributed by atoms with Gasteiger partial charge in [0.2, 0.25) is 5.91 Å². The van der Waals surface area contributed by atoms with Crippen LogP contribution < -0.4 is 4.74 Å². The highest BCUT2D eigenvalue weighted by molar-refractivity contribution is 7.09. The molecule has 0 aliphatic rings. The maximum absolute atomic E-state index is 12.1. The van der Waals surface area contributed by atoms with Crippen molar-refractivity contribution in [1.29, 1.82) is 0 Å². The molecule has 0 atom stereocenters. The number of thiazole rings is 1. The normalized spacial score (nSPS) is 11.2. The van der Waals surface area contributed by atoms with Crippen LogP contribution in [0.2, 0.25) is 0 Å². The number of ether oxygens (including phenoxy) is 1. The second kappa shape index (κ2) is 9.72. The van der Waals surface area contributed by atoms with E-state index in [-0.39, 0.29) is 5.91 Å². The molecule has 0 aliphatic carbocycles. The summed E-state index contributed by atoms with van der Waals surface area (Å²) in [6.07, 6.45) is 0.527. The van der Waals surface area contributed by atoms with Gasteiger partial charge in [-0.15, -0.1) is 11.3 Å². The molecule has 1 aromatic heterocycles. The van der Waals surface area contributed by atoms with Gasteiger partial charge in [-0.1, -0.05) is 52.8 Å². The van der Waals surface area contributed by atoms with Crippen LogP contribution >= 0.6 is 11.3 Å². The average molecular weight is 375 g/mol. The first-order chi connectivity index (χ1) is 12.4. The largest absolute Gasteiger partial charge is 0.486 e. The molecule has 2 rings (SSSR count). The van der Waals surface area contributed by atoms with Crippen molar-refractivity contribution in [2.45, 2.75) is 60.1 Å². The molecule has 1 aromatic carbocycles. The molecule has 0 fully saturated rings. The second-order valence-electron chi connectivity index (χ2n) is 7.24. The quantitative estimate of drug-likeness (QED) is 0.603. The van der Waals surface area contributed by atoms with Gasteiger partial charge in [0.1, 0.15) is 17.4 Å². The lowest BCUT2D eigenvalue weighted by Gasteiger charge is -2.23. The van der Waals surface area contributed by atoms with Gasteiger partial charge in [0.25, 0.3) is 0 Å². The van der Waals surface area contributed by atoms with E-state index in [1.54, 1.807) is 11.3 Å². The molecule has 1 amide bonds. The number of benzene rings is 1. The molecule has 0 saturated carbocycles. The summed E-state index contributed by atoms with van der Waals surface area (Å²) in [7, 11) is 0. The number of carbonyl (C=O) groups is 1. The van der Waals surface area contributed by atoms with E-state index >= 15 is 0 Å². The fraction of sp³-hybridized carbons (Fsp3) is 0.524. The van der Waals surface area contributed by atoms with Crippen LogP contribution in [0.5, 0.6) is 5.75 Å². The van der Waals surface area contributed by atoms with E-state index in [4.69, 9.17) is 4.74 Å². The van der Waals surface area contributed by atoms with Crippen LogP contribution in [-0.4, -0.2) is 22.3 Å². The third kappa shape index (κ3) is 5.84. The van der Waals surface area contributed by atoms with Crippen molar-refractivity contribution in [2.24, 2.45) is 5.92 Å². The summed E-state index contributed by atoms with van der Waals surface area (Å²) >= 11 is 1.59. The minimum atomic E-state index is 0.176. The molecular formula is C21H30N2O2S. The van der Waals surface area contributed by atoms with Gasteiger partial charge in [-0.3, -0.25) is 4.79 Å². The van der Waals surface area contributed by atoms with Crippen LogP contribution in [0.25, 0.3) is 0 Å². The van der Waals surface area contributed by atoms with E-state index in [0.29, 0.717) is 31.4 Å². The zero-order valence-corrected chi connectivity index (χ0v) is 17.3. The Morgan fingerprint density at radius 1 is 1.23 bits per heavy atom. The number of aromatic nitrogens is 1. The van der Waals surface area contributed by atoms with Crippen molar-refractivity contribution < 1.29 is 9.53 Å². The maximum Gasteiger partial charge on any atom is 0.222 e. The Hall–Kier alpha value is -1.88. The molecule has 26 heavy (non-hydrogen) atoms. The standard InChI is InChI=1S/C21H30N2O2S/c1-6-21(24)23(11-15(2)3)12-17-14-26-20(22-17)13-25-19-10-8-7-9-18(19)16(4)5/h7-10,14-16H,6,11-13H2,1-5H3. The molecule has 4 nitrogen and oxygen atoms in total. The van der Waals surface area contributed by atoms with E-state index in [2.05, 4.69) is 38.7 Å². The molecular weight excluding hydrogens is 344 g/mol. The molecule has 0 saturated heterocycles. The summed E-state index contributed by atoms with van der Waals surface area (Å²) in [4.78, 5) is 18.7. The minimum Gasteiger partial charge on any atom is -0.486 e. The van der Waals surface area contributed by atoms with E-state index in [9.17, 15) is 4.79 Å². The first-order valence-electron chi connectivity index (χ1n) is 9.33. The van der Waals surface area contributed by atoms with Crippen LogP contribution in [0.4, 0.5) is 0 Å². The van der Waals surface area contributed by atoms with Crippen molar-refractivity contribution in [2.75, 3.05) is 6.54 Å². The summed E-state index contributed by atoms with van der Waals surface area (Å²) in [6, 6.07) is 8.15. The van der Waals surface area contributed by atoms with E-state index in [1.165, 1.54) is 5.56 Å². The van der Waals surface area contributed by atoms with Crippen molar-refractivity contribution in [3.8, 4) is 5.75 Å². The number of amides is 1. The molecule has 0 unspecified atom stereocenters. The average Bonchev–Trinajstić information content (AvgIpc) is 3.06. The first kappa shape index (κ1) is 20.4. The van der Waals surface area contributed by atoms with Crippen molar-refractivity contribution in [1.82, 2.24) is 9.88 Å². The summed E-state index contributed by atoms with van der Waals surface area (Å²) in [5.41, 5.74) is 2.15. The zero-order chi connectivity index (χ0) is 19.1. The molecule has 1 heterocycles. The predicted molar refractivity (Wildman–Crippen MR) is 108 cm³/mol. The highest BCUT2D eigenvalue weighted by Gasteiger charge is 2.16. The first-order valence-corrected chi connectivity index (χ1v) is 10.2. The van der Waals surface area contributed by atoms with Gasteiger partial charge in [0.15, 0.2) is 0 Å². The molecule has 0 bridgehead atoms. The highest BCUT2D eigenvalue weighted by Crippen LogP contribution is 2.27. The smallest absolute Gasteiger partial charge is 0.222 e. The van der Waals surface area contributed by atoms with Gasteiger partial charge in [-0.05, 0) is 23.5 Å². The lowest BCUT2D eigenvalue weighted by molar-refractivity contribution is -0.132. The Bertz CT molecular complexity index is 710. The van der Waals surface area contributed by atoms with Gasteiger partial charge in [-0.2, -0.15) is 0 Å². The number of hydrogen-bond donors (Lipinski definition) is 0. The lowest BCUT2D eigenvalue weighted by atomic mass is 10.0. The summed E-state index contributed by atoms with van der Waals surface area (Å²) in [5, 5.41) is 2.97. The number of nitrogens with zero attached hydrogens (tertiary/aromatic N) is 2. The maximum atomic E-state index is 12.1. The van der Waals surface area contributed by atoms with E-state index < -0.39 is 0 Å². The molecule has 0 spiro atoms. The van der Waals surface area contributed by atoms with Crippen LogP contribution in [0, 0.1) is 5.92 Å². The molecule has 2 aromatic rings. The Morgan fingerprint density at radius 3 is 2.62 bits per heavy atom. The Balaban J connectivity index is 2.00. The highest BCUT2D eigenvalue weighted by atomic mass is 32.1. The monoisotopic (exact) mass is 374 g/mol. The van der Waals surface area contributed by atoms with Crippen LogP contribution in [-0.2, 0) is 17.9 Å². The topological polar surface area (TPSA) is 42.4 Å². The third-order valence-electron chi connectivity index (χ3n) is 4.09. The minimum absolute atomic E-state index is 0.176. The molecule has 0 aliphatic heterocycles. The Labute approximate surface area is 161 Å². The van der Waals surface area contributed by atoms with Gasteiger partial charge < -0.3 is 9.64 Å². The second-order valence-corrected chi connectivity index (χ2v) is 8.18. The van der Waals surface area contributed by atoms with Crippen molar-refractivity contribution in [3.63, 3.8) is 0 Å². The van der Waals surface area contributed by atoms with Crippen molar-refractivity contribution >= 4 is 17.2 Å².